The van der Waals surface area contributed by atoms with Crippen molar-refractivity contribution in [1.82, 2.24) is 0 Å². The lowest BCUT2D eigenvalue weighted by molar-refractivity contribution is 0.0734. The van der Waals surface area contributed by atoms with Crippen LogP contribution in [0.3, 0.4) is 0 Å². The molecule has 1 aliphatic heterocycles. The number of halogens is 1. The normalized spacial score (nSPS) is 13.6. The molecule has 0 amide bonds. The van der Waals surface area contributed by atoms with Crippen LogP contribution in [0.25, 0.3) is 6.08 Å². The van der Waals surface area contributed by atoms with Gasteiger partial charge in [-0.15, -0.1) is 0 Å². The number of ketones is 1. The van der Waals surface area contributed by atoms with Gasteiger partial charge in [0.05, 0.1) is 17.7 Å². The highest BCUT2D eigenvalue weighted by atomic mass is 35.5. The maximum absolute atomic E-state index is 12.8. The summed E-state index contributed by atoms with van der Waals surface area (Å²) in [7, 11) is 0. The van der Waals surface area contributed by atoms with Crippen LogP contribution in [0.4, 0.5) is 0 Å². The molecule has 0 saturated heterocycles. The quantitative estimate of drug-likeness (QED) is 0.285. The molecule has 0 saturated carbocycles. The molecule has 1 aliphatic rings. The fourth-order valence-electron chi connectivity index (χ4n) is 3.30. The van der Waals surface area contributed by atoms with Crippen LogP contribution in [-0.2, 0) is 0 Å². The molecule has 0 atom stereocenters. The predicted octanol–water partition coefficient (Wildman–Crippen LogP) is 5.88. The summed E-state index contributed by atoms with van der Waals surface area (Å²) in [6.45, 7) is 4.28. The van der Waals surface area contributed by atoms with Gasteiger partial charge in [0, 0.05) is 11.1 Å². The van der Waals surface area contributed by atoms with Crippen LogP contribution in [0.2, 0.25) is 5.02 Å². The van der Waals surface area contributed by atoms with Gasteiger partial charge >= 0.3 is 5.97 Å². The van der Waals surface area contributed by atoms with E-state index in [4.69, 9.17) is 25.8 Å². The van der Waals surface area contributed by atoms with Gasteiger partial charge in [-0.25, -0.2) is 4.79 Å². The minimum atomic E-state index is -0.545. The van der Waals surface area contributed by atoms with Gasteiger partial charge in [0.1, 0.15) is 17.2 Å². The van der Waals surface area contributed by atoms with Crippen LogP contribution >= 0.6 is 11.6 Å². The van der Waals surface area contributed by atoms with Crippen molar-refractivity contribution >= 4 is 29.4 Å². The Morgan fingerprint density at radius 3 is 2.55 bits per heavy atom. The zero-order valence-electron chi connectivity index (χ0n) is 17.0. The summed E-state index contributed by atoms with van der Waals surface area (Å²) in [6, 6.07) is 17.0. The van der Waals surface area contributed by atoms with Crippen molar-refractivity contribution < 1.29 is 23.8 Å². The number of fused-ring (bicyclic) bond motifs is 1. The van der Waals surface area contributed by atoms with E-state index in [-0.39, 0.29) is 17.3 Å². The number of ether oxygens (including phenoxy) is 3. The maximum Gasteiger partial charge on any atom is 0.343 e. The van der Waals surface area contributed by atoms with E-state index < -0.39 is 5.97 Å². The van der Waals surface area contributed by atoms with Crippen molar-refractivity contribution in [3.63, 3.8) is 0 Å². The Morgan fingerprint density at radius 1 is 1.06 bits per heavy atom. The summed E-state index contributed by atoms with van der Waals surface area (Å²) < 4.78 is 16.7. The monoisotopic (exact) mass is 434 g/mol. The number of aryl methyl sites for hydroxylation is 1. The van der Waals surface area contributed by atoms with E-state index in [0.29, 0.717) is 34.1 Å². The van der Waals surface area contributed by atoms with Gasteiger partial charge in [0.2, 0.25) is 5.78 Å². The first kappa shape index (κ1) is 20.7. The highest BCUT2D eigenvalue weighted by Crippen LogP contribution is 2.37. The lowest BCUT2D eigenvalue weighted by atomic mass is 10.0. The Morgan fingerprint density at radius 2 is 1.84 bits per heavy atom. The molecule has 0 spiro atoms. The van der Waals surface area contributed by atoms with Crippen molar-refractivity contribution in [2.24, 2.45) is 0 Å². The Hall–Kier alpha value is -3.57. The van der Waals surface area contributed by atoms with Gasteiger partial charge < -0.3 is 14.2 Å². The fraction of sp³-hybridized carbons (Fsp3) is 0.120. The number of carbonyl (C=O) groups is 2. The zero-order valence-corrected chi connectivity index (χ0v) is 17.7. The van der Waals surface area contributed by atoms with Gasteiger partial charge in [0.15, 0.2) is 5.76 Å². The topological polar surface area (TPSA) is 61.8 Å². The van der Waals surface area contributed by atoms with Crippen molar-refractivity contribution in [2.45, 2.75) is 13.8 Å². The van der Waals surface area contributed by atoms with Gasteiger partial charge in [-0.3, -0.25) is 4.79 Å². The zero-order chi connectivity index (χ0) is 22.0. The molecule has 0 radical (unpaired) electrons. The second-order valence-corrected chi connectivity index (χ2v) is 7.39. The molecule has 0 aromatic heterocycles. The van der Waals surface area contributed by atoms with Gasteiger partial charge in [-0.05, 0) is 67.4 Å². The van der Waals surface area contributed by atoms with E-state index in [1.807, 2.05) is 31.2 Å². The van der Waals surface area contributed by atoms with Gasteiger partial charge in [-0.1, -0.05) is 29.8 Å². The molecule has 5 nitrogen and oxygen atoms in total. The standard InChI is InChI=1S/C25H19ClO5/c1-3-29-19-9-7-16(8-10-19)12-22-24(27)23-15(2)11-20(14-21(23)31-22)30-25(28)17-5-4-6-18(26)13-17/h4-14H,3H2,1-2H3/b22-12-. The van der Waals surface area contributed by atoms with Crippen molar-refractivity contribution in [2.75, 3.05) is 6.61 Å². The number of Topliss-reactive ketones (excluding diaryl/α,β-unsaturated/α-hetero) is 1. The third-order valence-corrected chi connectivity index (χ3v) is 4.94. The highest BCUT2D eigenvalue weighted by molar-refractivity contribution is 6.30. The van der Waals surface area contributed by atoms with Crippen molar-refractivity contribution in [3.05, 3.63) is 93.7 Å². The lowest BCUT2D eigenvalue weighted by Crippen LogP contribution is -2.08. The van der Waals surface area contributed by atoms with E-state index in [1.165, 1.54) is 6.07 Å². The number of allylic oxidation sites excluding steroid dienone is 1. The first-order valence-corrected chi connectivity index (χ1v) is 10.1. The van der Waals surface area contributed by atoms with Crippen LogP contribution in [0.15, 0.2) is 66.4 Å². The van der Waals surface area contributed by atoms with Gasteiger partial charge in [-0.2, -0.15) is 0 Å². The highest BCUT2D eigenvalue weighted by Gasteiger charge is 2.30. The van der Waals surface area contributed by atoms with Crippen LogP contribution in [0.1, 0.15) is 38.8 Å². The maximum atomic E-state index is 12.8. The second-order valence-electron chi connectivity index (χ2n) is 6.95. The van der Waals surface area contributed by atoms with Crippen LogP contribution in [0.5, 0.6) is 17.2 Å². The fourth-order valence-corrected chi connectivity index (χ4v) is 3.49. The Bertz CT molecular complexity index is 1200. The van der Waals surface area contributed by atoms with Crippen LogP contribution in [-0.4, -0.2) is 18.4 Å². The molecule has 156 valence electrons. The molecule has 31 heavy (non-hydrogen) atoms. The largest absolute Gasteiger partial charge is 0.494 e. The molecule has 3 aromatic carbocycles. The van der Waals surface area contributed by atoms with E-state index in [0.717, 1.165) is 11.3 Å². The number of rotatable bonds is 5. The Balaban J connectivity index is 1.56. The smallest absolute Gasteiger partial charge is 0.343 e. The second kappa shape index (κ2) is 8.66. The molecule has 0 fully saturated rings. The lowest BCUT2D eigenvalue weighted by Gasteiger charge is -2.08. The Kier molecular flexibility index (Phi) is 5.78. The van der Waals surface area contributed by atoms with Crippen molar-refractivity contribution in [3.8, 4) is 17.2 Å². The number of hydrogen-bond acceptors (Lipinski definition) is 5. The summed E-state index contributed by atoms with van der Waals surface area (Å²) in [5.74, 6) is 0.854. The summed E-state index contributed by atoms with van der Waals surface area (Å²) in [5, 5.41) is 0.442. The summed E-state index contributed by atoms with van der Waals surface area (Å²) in [5.41, 5.74) is 2.26. The van der Waals surface area contributed by atoms with Crippen LogP contribution < -0.4 is 14.2 Å². The van der Waals surface area contributed by atoms with E-state index in [1.54, 1.807) is 43.3 Å². The molecule has 6 heteroatoms. The molecule has 3 aromatic rings. The number of esters is 1. The third kappa shape index (κ3) is 4.47. The minimum absolute atomic E-state index is 0.209. The first-order chi connectivity index (χ1) is 14.9. The molecule has 0 aliphatic carbocycles. The molecule has 1 heterocycles. The molecular formula is C25H19ClO5. The summed E-state index contributed by atoms with van der Waals surface area (Å²) in [6.07, 6.45) is 1.68. The molecule has 0 unspecified atom stereocenters. The number of benzene rings is 3. The van der Waals surface area contributed by atoms with Gasteiger partial charge in [0.25, 0.3) is 0 Å². The summed E-state index contributed by atoms with van der Waals surface area (Å²) >= 11 is 5.94. The van der Waals surface area contributed by atoms with Crippen molar-refractivity contribution in [1.29, 1.82) is 0 Å². The Labute approximate surface area is 184 Å². The molecular weight excluding hydrogens is 416 g/mol. The predicted molar refractivity (Wildman–Crippen MR) is 118 cm³/mol. The minimum Gasteiger partial charge on any atom is -0.494 e. The number of hydrogen-bond donors (Lipinski definition) is 0. The third-order valence-electron chi connectivity index (χ3n) is 4.70. The van der Waals surface area contributed by atoms with Crippen LogP contribution in [0, 0.1) is 6.92 Å². The van der Waals surface area contributed by atoms with E-state index in [2.05, 4.69) is 0 Å². The molecule has 4 rings (SSSR count). The average molecular weight is 435 g/mol. The average Bonchev–Trinajstić information content (AvgIpc) is 3.05. The van der Waals surface area contributed by atoms with E-state index in [9.17, 15) is 9.59 Å². The molecule has 0 N–H and O–H groups in total. The summed E-state index contributed by atoms with van der Waals surface area (Å²) in [4.78, 5) is 25.3. The number of carbonyl (C=O) groups excluding carboxylic acids is 2. The SMILES string of the molecule is CCOc1ccc(/C=C2\Oc3cc(OC(=O)c4cccc(Cl)c4)cc(C)c3C2=O)cc1. The first-order valence-electron chi connectivity index (χ1n) is 9.74. The van der Waals surface area contributed by atoms with E-state index >= 15 is 0 Å². The molecule has 0 bridgehead atoms.